The molecule has 2 heterocycles. The van der Waals surface area contributed by atoms with Crippen LogP contribution in [0.2, 0.25) is 5.02 Å². The Bertz CT molecular complexity index is 558. The highest BCUT2D eigenvalue weighted by atomic mass is 35.5. The van der Waals surface area contributed by atoms with Crippen molar-refractivity contribution in [2.75, 3.05) is 13.1 Å². The molecule has 98 valence electrons. The van der Waals surface area contributed by atoms with E-state index in [0.29, 0.717) is 0 Å². The summed E-state index contributed by atoms with van der Waals surface area (Å²) in [5.41, 5.74) is 2.70. The van der Waals surface area contributed by atoms with Gasteiger partial charge < -0.3 is 4.57 Å². The van der Waals surface area contributed by atoms with E-state index in [2.05, 4.69) is 32.7 Å². The lowest BCUT2D eigenvalue weighted by Gasteiger charge is -2.26. The van der Waals surface area contributed by atoms with Gasteiger partial charge in [0.25, 0.3) is 0 Å². The lowest BCUT2D eigenvalue weighted by atomic mass is 10.00. The number of imidazole rings is 1. The van der Waals surface area contributed by atoms with E-state index < -0.39 is 0 Å². The van der Waals surface area contributed by atoms with Crippen LogP contribution >= 0.6 is 11.6 Å². The van der Waals surface area contributed by atoms with Crippen LogP contribution < -0.4 is 0 Å². The molecule has 0 N–H and O–H groups in total. The van der Waals surface area contributed by atoms with Gasteiger partial charge in [-0.1, -0.05) is 29.8 Å². The second-order valence-electron chi connectivity index (χ2n) is 4.78. The van der Waals surface area contributed by atoms with Crippen molar-refractivity contribution in [2.24, 2.45) is 0 Å². The molecule has 3 rings (SSSR count). The molecule has 0 bridgehead atoms. The van der Waals surface area contributed by atoms with E-state index in [1.807, 2.05) is 30.9 Å². The molecule has 0 atom stereocenters. The first kappa shape index (κ1) is 12.5. The summed E-state index contributed by atoms with van der Waals surface area (Å²) in [6, 6.07) is 8.10. The molecule has 19 heavy (non-hydrogen) atoms. The maximum Gasteiger partial charge on any atom is 0.0956 e. The minimum atomic E-state index is 0.793. The molecule has 0 saturated heterocycles. The first-order valence-corrected chi connectivity index (χ1v) is 6.82. The molecular formula is C15H16ClN3. The number of aromatic nitrogens is 2. The van der Waals surface area contributed by atoms with Gasteiger partial charge in [-0.25, -0.2) is 4.98 Å². The summed E-state index contributed by atoms with van der Waals surface area (Å²) in [4.78, 5) is 6.47. The molecule has 0 unspecified atom stereocenters. The fraction of sp³-hybridized carbons (Fsp3) is 0.267. The van der Waals surface area contributed by atoms with E-state index in [9.17, 15) is 0 Å². The molecule has 1 aliphatic rings. The lowest BCUT2D eigenvalue weighted by Crippen LogP contribution is -2.30. The summed E-state index contributed by atoms with van der Waals surface area (Å²) in [6.07, 6.45) is 9.07. The SMILES string of the molecule is Clc1ccc(C2=CCN(Cn3ccnc3)CC2)cc1. The Morgan fingerprint density at radius 1 is 1.21 bits per heavy atom. The third kappa shape index (κ3) is 3.06. The van der Waals surface area contributed by atoms with Crippen LogP contribution in [0.4, 0.5) is 0 Å². The van der Waals surface area contributed by atoms with Crippen molar-refractivity contribution in [1.82, 2.24) is 14.5 Å². The molecule has 0 aliphatic carbocycles. The highest BCUT2D eigenvalue weighted by molar-refractivity contribution is 6.30. The topological polar surface area (TPSA) is 21.1 Å². The Morgan fingerprint density at radius 3 is 2.68 bits per heavy atom. The smallest absolute Gasteiger partial charge is 0.0956 e. The molecule has 0 radical (unpaired) electrons. The van der Waals surface area contributed by atoms with Crippen molar-refractivity contribution < 1.29 is 0 Å². The van der Waals surface area contributed by atoms with Crippen LogP contribution in [0.1, 0.15) is 12.0 Å². The van der Waals surface area contributed by atoms with E-state index in [0.717, 1.165) is 31.2 Å². The van der Waals surface area contributed by atoms with E-state index >= 15 is 0 Å². The van der Waals surface area contributed by atoms with E-state index in [1.54, 1.807) is 0 Å². The van der Waals surface area contributed by atoms with Crippen LogP contribution in [0.3, 0.4) is 0 Å². The summed E-state index contributed by atoms with van der Waals surface area (Å²) in [5, 5.41) is 0.793. The van der Waals surface area contributed by atoms with Crippen molar-refractivity contribution in [3.63, 3.8) is 0 Å². The van der Waals surface area contributed by atoms with E-state index in [4.69, 9.17) is 11.6 Å². The summed E-state index contributed by atoms with van der Waals surface area (Å²) >= 11 is 5.92. The second-order valence-corrected chi connectivity index (χ2v) is 5.22. The van der Waals surface area contributed by atoms with Gasteiger partial charge in [-0.05, 0) is 29.7 Å². The molecule has 3 nitrogen and oxygen atoms in total. The van der Waals surface area contributed by atoms with Crippen LogP contribution in [0.25, 0.3) is 5.57 Å². The van der Waals surface area contributed by atoms with Gasteiger partial charge in [-0.3, -0.25) is 4.90 Å². The van der Waals surface area contributed by atoms with Gasteiger partial charge >= 0.3 is 0 Å². The number of nitrogens with zero attached hydrogens (tertiary/aromatic N) is 3. The molecule has 1 aromatic heterocycles. The van der Waals surface area contributed by atoms with E-state index in [-0.39, 0.29) is 0 Å². The van der Waals surface area contributed by atoms with Gasteiger partial charge in [0.1, 0.15) is 0 Å². The number of halogens is 1. The number of hydrogen-bond donors (Lipinski definition) is 0. The quantitative estimate of drug-likeness (QED) is 0.856. The lowest BCUT2D eigenvalue weighted by molar-refractivity contribution is 0.240. The van der Waals surface area contributed by atoms with Gasteiger partial charge in [0.05, 0.1) is 13.0 Å². The highest BCUT2D eigenvalue weighted by Crippen LogP contribution is 2.23. The normalized spacial score (nSPS) is 16.4. The van der Waals surface area contributed by atoms with E-state index in [1.165, 1.54) is 11.1 Å². The summed E-state index contributed by atoms with van der Waals surface area (Å²) in [5.74, 6) is 0. The molecule has 0 spiro atoms. The summed E-state index contributed by atoms with van der Waals surface area (Å²) in [7, 11) is 0. The molecule has 0 fully saturated rings. The van der Waals surface area contributed by atoms with Crippen LogP contribution in [-0.2, 0) is 6.67 Å². The average Bonchev–Trinajstić information content (AvgIpc) is 2.94. The standard InChI is InChI=1S/C15H16ClN3/c16-15-3-1-13(2-4-15)14-5-8-18(9-6-14)12-19-10-7-17-11-19/h1-5,7,10-11H,6,8-9,12H2. The Labute approximate surface area is 118 Å². The summed E-state index contributed by atoms with van der Waals surface area (Å²) < 4.78 is 2.10. The first-order chi connectivity index (χ1) is 9.31. The molecule has 4 heteroatoms. The van der Waals surface area contributed by atoms with Gasteiger partial charge in [-0.2, -0.15) is 0 Å². The Hall–Kier alpha value is -1.58. The maximum absolute atomic E-state index is 5.92. The Morgan fingerprint density at radius 2 is 2.05 bits per heavy atom. The second kappa shape index (κ2) is 5.59. The van der Waals surface area contributed by atoms with Gasteiger partial charge in [0.15, 0.2) is 0 Å². The Kier molecular flexibility index (Phi) is 3.67. The van der Waals surface area contributed by atoms with Gasteiger partial charge in [0, 0.05) is 30.5 Å². The zero-order valence-electron chi connectivity index (χ0n) is 10.7. The van der Waals surface area contributed by atoms with Crippen molar-refractivity contribution in [1.29, 1.82) is 0 Å². The van der Waals surface area contributed by atoms with Crippen molar-refractivity contribution in [3.05, 3.63) is 59.6 Å². The maximum atomic E-state index is 5.92. The monoisotopic (exact) mass is 273 g/mol. The zero-order chi connectivity index (χ0) is 13.1. The molecular weight excluding hydrogens is 258 g/mol. The predicted molar refractivity (Wildman–Crippen MR) is 77.8 cm³/mol. The molecule has 0 saturated carbocycles. The molecule has 2 aromatic rings. The van der Waals surface area contributed by atoms with Crippen molar-refractivity contribution >= 4 is 17.2 Å². The third-order valence-electron chi connectivity index (χ3n) is 3.43. The van der Waals surface area contributed by atoms with Crippen LogP contribution in [0.5, 0.6) is 0 Å². The fourth-order valence-corrected chi connectivity index (χ4v) is 2.49. The average molecular weight is 274 g/mol. The van der Waals surface area contributed by atoms with Crippen molar-refractivity contribution in [3.8, 4) is 0 Å². The third-order valence-corrected chi connectivity index (χ3v) is 3.68. The number of benzene rings is 1. The minimum Gasteiger partial charge on any atom is -0.324 e. The highest BCUT2D eigenvalue weighted by Gasteiger charge is 2.12. The Balaban J connectivity index is 1.65. The van der Waals surface area contributed by atoms with Crippen LogP contribution in [-0.4, -0.2) is 27.5 Å². The number of rotatable bonds is 3. The van der Waals surface area contributed by atoms with Gasteiger partial charge in [-0.15, -0.1) is 0 Å². The van der Waals surface area contributed by atoms with Gasteiger partial charge in [0.2, 0.25) is 0 Å². The zero-order valence-corrected chi connectivity index (χ0v) is 11.4. The predicted octanol–water partition coefficient (Wildman–Crippen LogP) is 3.28. The van der Waals surface area contributed by atoms with Crippen LogP contribution in [0.15, 0.2) is 49.1 Å². The number of hydrogen-bond acceptors (Lipinski definition) is 2. The molecule has 1 aromatic carbocycles. The first-order valence-electron chi connectivity index (χ1n) is 6.44. The van der Waals surface area contributed by atoms with Crippen molar-refractivity contribution in [2.45, 2.75) is 13.1 Å². The molecule has 0 amide bonds. The molecule has 1 aliphatic heterocycles. The van der Waals surface area contributed by atoms with Crippen LogP contribution in [0, 0.1) is 0 Å². The summed E-state index contributed by atoms with van der Waals surface area (Å²) in [6.45, 7) is 2.97. The fourth-order valence-electron chi connectivity index (χ4n) is 2.37. The minimum absolute atomic E-state index is 0.793. The largest absolute Gasteiger partial charge is 0.324 e.